The van der Waals surface area contributed by atoms with Gasteiger partial charge in [-0.05, 0) is 42.3 Å². The second-order valence-electron chi connectivity index (χ2n) is 8.71. The van der Waals surface area contributed by atoms with E-state index in [0.717, 1.165) is 47.4 Å². The van der Waals surface area contributed by atoms with Crippen molar-refractivity contribution in [2.75, 3.05) is 30.4 Å². The molecule has 8 heteroatoms. The van der Waals surface area contributed by atoms with E-state index < -0.39 is 0 Å². The number of carbonyl (C=O) groups excluding carboxylic acids is 2. The van der Waals surface area contributed by atoms with Crippen molar-refractivity contribution in [1.82, 2.24) is 19.9 Å². The third kappa shape index (κ3) is 4.82. The zero-order valence-electron chi connectivity index (χ0n) is 19.7. The van der Waals surface area contributed by atoms with Gasteiger partial charge in [-0.2, -0.15) is 0 Å². The largest absolute Gasteiger partial charge is 0.354 e. The number of likely N-dealkylation sites (N-methyl/N-ethyl adjacent to an activating group) is 1. The number of carbonyl (C=O) groups is 2. The highest BCUT2D eigenvalue weighted by Crippen LogP contribution is 2.25. The van der Waals surface area contributed by atoms with E-state index in [9.17, 15) is 9.59 Å². The van der Waals surface area contributed by atoms with Crippen LogP contribution in [0.15, 0.2) is 73.1 Å². The van der Waals surface area contributed by atoms with Crippen molar-refractivity contribution in [2.45, 2.75) is 19.4 Å². The minimum atomic E-state index is -0.369. The quantitative estimate of drug-likeness (QED) is 0.478. The number of fused-ring (bicyclic) bond motifs is 1. The van der Waals surface area contributed by atoms with Gasteiger partial charge < -0.3 is 15.1 Å². The normalized spacial score (nSPS) is 15.3. The molecule has 3 heterocycles. The molecule has 1 saturated heterocycles. The van der Waals surface area contributed by atoms with Gasteiger partial charge in [0.15, 0.2) is 0 Å². The third-order valence-corrected chi connectivity index (χ3v) is 6.43. The Morgan fingerprint density at radius 3 is 2.51 bits per heavy atom. The Kier molecular flexibility index (Phi) is 6.10. The Balaban J connectivity index is 1.27. The van der Waals surface area contributed by atoms with E-state index in [4.69, 9.17) is 4.98 Å². The van der Waals surface area contributed by atoms with Crippen LogP contribution in [0.1, 0.15) is 24.0 Å². The summed E-state index contributed by atoms with van der Waals surface area (Å²) in [7, 11) is 1.85. The summed E-state index contributed by atoms with van der Waals surface area (Å²) in [6.45, 7) is 3.23. The van der Waals surface area contributed by atoms with E-state index in [1.807, 2.05) is 67.7 Å². The van der Waals surface area contributed by atoms with Gasteiger partial charge in [0.1, 0.15) is 5.82 Å². The summed E-state index contributed by atoms with van der Waals surface area (Å²) in [5.41, 5.74) is 3.34. The summed E-state index contributed by atoms with van der Waals surface area (Å²) in [4.78, 5) is 41.6. The van der Waals surface area contributed by atoms with Crippen LogP contribution in [0.4, 0.5) is 11.5 Å². The second kappa shape index (κ2) is 9.50. The van der Waals surface area contributed by atoms with E-state index in [-0.39, 0.29) is 23.7 Å². The van der Waals surface area contributed by atoms with Crippen molar-refractivity contribution in [1.29, 1.82) is 0 Å². The topological polar surface area (TPSA) is 91.3 Å². The van der Waals surface area contributed by atoms with Gasteiger partial charge in [0.05, 0.1) is 11.6 Å². The van der Waals surface area contributed by atoms with Gasteiger partial charge >= 0.3 is 0 Å². The number of aromatic nitrogens is 3. The molecular weight excluding hydrogens is 440 g/mol. The molecule has 0 radical (unpaired) electrons. The summed E-state index contributed by atoms with van der Waals surface area (Å²) >= 11 is 0. The van der Waals surface area contributed by atoms with Gasteiger partial charge in [0.2, 0.25) is 11.7 Å². The first-order valence-electron chi connectivity index (χ1n) is 11.6. The first-order valence-corrected chi connectivity index (χ1v) is 11.6. The number of nitrogens with one attached hydrogen (secondary N) is 1. The highest BCUT2D eigenvalue weighted by molar-refractivity contribution is 6.02. The minimum Gasteiger partial charge on any atom is -0.354 e. The molecule has 0 spiro atoms. The zero-order valence-corrected chi connectivity index (χ0v) is 19.7. The number of rotatable bonds is 5. The summed E-state index contributed by atoms with van der Waals surface area (Å²) < 4.78 is 0. The predicted octanol–water partition coefficient (Wildman–Crippen LogP) is 4.00. The summed E-state index contributed by atoms with van der Waals surface area (Å²) in [5, 5.41) is 3.79. The van der Waals surface area contributed by atoms with Crippen molar-refractivity contribution in [3.05, 3.63) is 78.9 Å². The fraction of sp³-hybridized carbons (Fsp3) is 0.222. The molecule has 176 valence electrons. The standard InChI is InChI=1S/C27H26N6O2/c1-18(34)32(2)23-12-13-33(17-23)25-11-8-20-14-22(9-10-24(20)31-25)30-27(35)26-28-15-21(16-29-26)19-6-4-3-5-7-19/h3-11,14-16,23H,12-13,17H2,1-2H3,(H,30,35)/t23-/m1/s1. The lowest BCUT2D eigenvalue weighted by Crippen LogP contribution is -2.37. The average molecular weight is 467 g/mol. The third-order valence-electron chi connectivity index (χ3n) is 6.43. The molecule has 1 N–H and O–H groups in total. The molecule has 35 heavy (non-hydrogen) atoms. The number of hydrogen-bond donors (Lipinski definition) is 1. The second-order valence-corrected chi connectivity index (χ2v) is 8.71. The fourth-order valence-corrected chi connectivity index (χ4v) is 4.30. The smallest absolute Gasteiger partial charge is 0.293 e. The van der Waals surface area contributed by atoms with Crippen molar-refractivity contribution < 1.29 is 9.59 Å². The molecule has 0 aliphatic carbocycles. The lowest BCUT2D eigenvalue weighted by Gasteiger charge is -2.24. The molecule has 2 aromatic heterocycles. The maximum absolute atomic E-state index is 12.7. The Hall–Kier alpha value is -4.33. The van der Waals surface area contributed by atoms with Crippen molar-refractivity contribution >= 4 is 34.2 Å². The van der Waals surface area contributed by atoms with E-state index in [1.54, 1.807) is 24.2 Å². The van der Waals surface area contributed by atoms with E-state index >= 15 is 0 Å². The molecule has 1 aliphatic heterocycles. The van der Waals surface area contributed by atoms with Crippen LogP contribution < -0.4 is 10.2 Å². The number of amides is 2. The van der Waals surface area contributed by atoms with Gasteiger partial charge in [-0.25, -0.2) is 15.0 Å². The SMILES string of the molecule is CC(=O)N(C)[C@@H]1CCN(c2ccc3cc(NC(=O)c4ncc(-c5ccccc5)cn4)ccc3n2)C1. The number of pyridine rings is 1. The summed E-state index contributed by atoms with van der Waals surface area (Å²) in [5.74, 6) is 0.708. The first kappa shape index (κ1) is 22.5. The molecule has 1 fully saturated rings. The van der Waals surface area contributed by atoms with Crippen LogP contribution in [0.25, 0.3) is 22.0 Å². The molecule has 8 nitrogen and oxygen atoms in total. The van der Waals surface area contributed by atoms with Gasteiger partial charge in [0, 0.05) is 56.1 Å². The lowest BCUT2D eigenvalue weighted by molar-refractivity contribution is -0.129. The van der Waals surface area contributed by atoms with Crippen LogP contribution in [-0.2, 0) is 4.79 Å². The number of anilines is 2. The van der Waals surface area contributed by atoms with E-state index in [1.165, 1.54) is 0 Å². The Labute approximate surface area is 203 Å². The molecule has 5 rings (SSSR count). The average Bonchev–Trinajstić information content (AvgIpc) is 3.39. The molecule has 0 bridgehead atoms. The molecule has 4 aromatic rings. The van der Waals surface area contributed by atoms with Gasteiger partial charge in [-0.3, -0.25) is 9.59 Å². The fourth-order valence-electron chi connectivity index (χ4n) is 4.30. The number of nitrogens with zero attached hydrogens (tertiary/aromatic N) is 5. The molecule has 1 aliphatic rings. The first-order chi connectivity index (χ1) is 17.0. The van der Waals surface area contributed by atoms with Crippen molar-refractivity contribution in [3.8, 4) is 11.1 Å². The van der Waals surface area contributed by atoms with Crippen molar-refractivity contribution in [2.24, 2.45) is 0 Å². The Bertz CT molecular complexity index is 1370. The molecular formula is C27H26N6O2. The highest BCUT2D eigenvalue weighted by Gasteiger charge is 2.27. The van der Waals surface area contributed by atoms with Crippen LogP contribution in [-0.4, -0.2) is 57.8 Å². The van der Waals surface area contributed by atoms with Crippen LogP contribution in [0.5, 0.6) is 0 Å². The monoisotopic (exact) mass is 466 g/mol. The Morgan fingerprint density at radius 2 is 1.77 bits per heavy atom. The maximum atomic E-state index is 12.7. The molecule has 0 saturated carbocycles. The maximum Gasteiger partial charge on any atom is 0.293 e. The van der Waals surface area contributed by atoms with E-state index in [0.29, 0.717) is 5.69 Å². The van der Waals surface area contributed by atoms with Gasteiger partial charge in [0.25, 0.3) is 5.91 Å². The summed E-state index contributed by atoms with van der Waals surface area (Å²) in [6.07, 6.45) is 4.23. The van der Waals surface area contributed by atoms with Gasteiger partial charge in [-0.1, -0.05) is 30.3 Å². The molecule has 2 amide bonds. The van der Waals surface area contributed by atoms with Crippen LogP contribution in [0.2, 0.25) is 0 Å². The summed E-state index contributed by atoms with van der Waals surface area (Å²) in [6, 6.07) is 19.6. The predicted molar refractivity (Wildman–Crippen MR) is 136 cm³/mol. The number of benzene rings is 2. The Morgan fingerprint density at radius 1 is 1.00 bits per heavy atom. The van der Waals surface area contributed by atoms with Gasteiger partial charge in [-0.15, -0.1) is 0 Å². The van der Waals surface area contributed by atoms with Crippen LogP contribution in [0.3, 0.4) is 0 Å². The van der Waals surface area contributed by atoms with E-state index in [2.05, 4.69) is 20.2 Å². The molecule has 0 unspecified atom stereocenters. The lowest BCUT2D eigenvalue weighted by atomic mass is 10.1. The minimum absolute atomic E-state index is 0.0791. The zero-order chi connectivity index (χ0) is 24.4. The van der Waals surface area contributed by atoms with Crippen LogP contribution in [0, 0.1) is 0 Å². The molecule has 2 aromatic carbocycles. The molecule has 1 atom stereocenters. The van der Waals surface area contributed by atoms with Crippen molar-refractivity contribution in [3.63, 3.8) is 0 Å². The highest BCUT2D eigenvalue weighted by atomic mass is 16.2. The van der Waals surface area contributed by atoms with Crippen LogP contribution >= 0.6 is 0 Å². The number of hydrogen-bond acceptors (Lipinski definition) is 6.